The number of methoxy groups -OCH3 is 3. The molecular formula is C37H43Cl2N3O8S. The molecule has 0 spiro atoms. The molecular weight excluding hydrogens is 717 g/mol. The molecule has 0 amide bonds. The number of carbonyl (C=O) groups is 2. The van der Waals surface area contributed by atoms with Crippen molar-refractivity contribution in [3.8, 4) is 17.2 Å². The van der Waals surface area contributed by atoms with Crippen LogP contribution in [0.4, 0.5) is 0 Å². The standard InChI is InChI=1S/C37H41Cl2N3O7S.H2O/c1-42-15-13-23(14-16-42)22-48-37(44)35(26-7-5-6-8-30(26)45-2)41-19-25-10-12-34(50-25)36(43)49-32(18-27-28(38)20-40-21-29(27)39)24-9-11-31(46-3)33(17-24)47-4;/h5-12,17,20-21,23,32,35,41H,13-16,18-19,22H2,1-4H3;1H2/t32-,35?;/m0./s1. The maximum Gasteiger partial charge on any atom is 0.348 e. The Labute approximate surface area is 312 Å². The van der Waals surface area contributed by atoms with Gasteiger partial charge in [-0.05, 0) is 74.8 Å². The van der Waals surface area contributed by atoms with Crippen molar-refractivity contribution in [2.75, 3.05) is 48.1 Å². The first-order chi connectivity index (χ1) is 24.2. The van der Waals surface area contributed by atoms with Crippen LogP contribution in [0.3, 0.4) is 0 Å². The first-order valence-electron chi connectivity index (χ1n) is 16.3. The van der Waals surface area contributed by atoms with Gasteiger partial charge in [0.05, 0.1) is 27.9 Å². The van der Waals surface area contributed by atoms with Gasteiger partial charge >= 0.3 is 11.9 Å². The van der Waals surface area contributed by atoms with E-state index in [0.29, 0.717) is 67.9 Å². The molecule has 2 aromatic carbocycles. The molecule has 0 saturated carbocycles. The molecule has 1 aliphatic heterocycles. The summed E-state index contributed by atoms with van der Waals surface area (Å²) in [5.74, 6) is 1.04. The molecule has 1 fully saturated rings. The van der Waals surface area contributed by atoms with Gasteiger partial charge in [0.1, 0.15) is 32.8 Å². The molecule has 0 radical (unpaired) electrons. The average Bonchev–Trinajstić information content (AvgIpc) is 3.61. The highest BCUT2D eigenvalue weighted by atomic mass is 35.5. The molecule has 1 unspecified atom stereocenters. The second kappa shape index (κ2) is 19.1. The normalized spacial score (nSPS) is 14.5. The molecule has 4 aromatic rings. The lowest BCUT2D eigenvalue weighted by Gasteiger charge is -2.29. The lowest BCUT2D eigenvalue weighted by atomic mass is 9.98. The molecule has 1 aliphatic rings. The van der Waals surface area contributed by atoms with Crippen LogP contribution in [0.15, 0.2) is 67.0 Å². The number of esters is 2. The van der Waals surface area contributed by atoms with Crippen LogP contribution in [0.2, 0.25) is 10.0 Å². The van der Waals surface area contributed by atoms with Crippen molar-refractivity contribution >= 4 is 46.5 Å². The Balaban J connectivity index is 0.00000583. The summed E-state index contributed by atoms with van der Waals surface area (Å²) in [5, 5.41) is 4.18. The van der Waals surface area contributed by atoms with Gasteiger partial charge in [0.2, 0.25) is 0 Å². The predicted molar refractivity (Wildman–Crippen MR) is 194 cm³/mol. The van der Waals surface area contributed by atoms with Gasteiger partial charge in [-0.3, -0.25) is 5.32 Å². The minimum atomic E-state index is -0.776. The Morgan fingerprint density at radius 3 is 2.31 bits per heavy atom. The number of hydrogen-bond donors (Lipinski definition) is 1. The third kappa shape index (κ3) is 10.3. The number of nitrogens with zero attached hydrogens (tertiary/aromatic N) is 1. The third-order valence-electron chi connectivity index (χ3n) is 8.74. The van der Waals surface area contributed by atoms with E-state index in [1.165, 1.54) is 11.3 Å². The summed E-state index contributed by atoms with van der Waals surface area (Å²) >= 11 is 14.2. The van der Waals surface area contributed by atoms with E-state index in [1.54, 1.807) is 51.9 Å². The third-order valence-corrected chi connectivity index (χ3v) is 10.5. The molecule has 1 saturated heterocycles. The molecule has 5 rings (SSSR count). The van der Waals surface area contributed by atoms with Crippen LogP contribution in [0.25, 0.3) is 0 Å². The zero-order chi connectivity index (χ0) is 35.6. The van der Waals surface area contributed by atoms with Crippen LogP contribution in [0.1, 0.15) is 56.2 Å². The summed E-state index contributed by atoms with van der Waals surface area (Å²) in [6, 6.07) is 15.5. The average molecular weight is 761 g/mol. The fourth-order valence-corrected chi connectivity index (χ4v) is 7.22. The minimum absolute atomic E-state index is 0. The number of carbonyl (C=O) groups excluding carboxylic acids is 2. The molecule has 3 heterocycles. The Morgan fingerprint density at radius 1 is 0.941 bits per heavy atom. The maximum atomic E-state index is 13.6. The maximum absolute atomic E-state index is 13.6. The van der Waals surface area contributed by atoms with Gasteiger partial charge in [0, 0.05) is 29.0 Å². The number of piperidine rings is 1. The van der Waals surface area contributed by atoms with Crippen LogP contribution >= 0.6 is 34.5 Å². The van der Waals surface area contributed by atoms with Crippen molar-refractivity contribution in [1.82, 2.24) is 10.2 Å². The molecule has 2 atom stereocenters. The number of aromatic amines is 1. The molecule has 2 aromatic heterocycles. The second-order valence-corrected chi connectivity index (χ2v) is 14.0. The zero-order valence-corrected chi connectivity index (χ0v) is 31.3. The monoisotopic (exact) mass is 759 g/mol. The fraction of sp³-hybridized carbons (Fsp3) is 0.378. The number of aromatic nitrogens is 1. The lowest BCUT2D eigenvalue weighted by Crippen LogP contribution is -2.34. The van der Waals surface area contributed by atoms with E-state index in [0.717, 1.165) is 30.8 Å². The molecule has 11 nitrogen and oxygen atoms in total. The van der Waals surface area contributed by atoms with Crippen molar-refractivity contribution < 1.29 is 43.7 Å². The topological polar surface area (TPSA) is 140 Å². The summed E-state index contributed by atoms with van der Waals surface area (Å²) in [6.07, 6.45) is 4.68. The highest BCUT2D eigenvalue weighted by Crippen LogP contribution is 2.36. The van der Waals surface area contributed by atoms with E-state index >= 15 is 0 Å². The number of likely N-dealkylation sites (tertiary alicyclic amines) is 1. The van der Waals surface area contributed by atoms with E-state index in [1.807, 2.05) is 36.4 Å². The number of nitrogens with one attached hydrogen (secondary N) is 2. The van der Waals surface area contributed by atoms with Crippen molar-refractivity contribution in [1.29, 1.82) is 0 Å². The van der Waals surface area contributed by atoms with Crippen molar-refractivity contribution in [2.24, 2.45) is 5.92 Å². The minimum Gasteiger partial charge on any atom is -0.870 e. The van der Waals surface area contributed by atoms with Crippen LogP contribution in [-0.2, 0) is 27.2 Å². The first-order valence-corrected chi connectivity index (χ1v) is 17.8. The van der Waals surface area contributed by atoms with Gasteiger partial charge in [0.25, 0.3) is 0 Å². The highest BCUT2D eigenvalue weighted by molar-refractivity contribution is 7.13. The number of hydrogen-bond acceptors (Lipinski definition) is 11. The van der Waals surface area contributed by atoms with Crippen molar-refractivity contribution in [3.63, 3.8) is 0 Å². The molecule has 0 aliphatic carbocycles. The molecule has 274 valence electrons. The van der Waals surface area contributed by atoms with Crippen molar-refractivity contribution in [3.05, 3.63) is 103 Å². The van der Waals surface area contributed by atoms with Gasteiger partial charge in [-0.1, -0.05) is 47.5 Å². The Morgan fingerprint density at radius 2 is 1.63 bits per heavy atom. The van der Waals surface area contributed by atoms with Crippen LogP contribution in [0.5, 0.6) is 17.2 Å². The zero-order valence-electron chi connectivity index (χ0n) is 28.9. The predicted octanol–water partition coefficient (Wildman–Crippen LogP) is 6.57. The van der Waals surface area contributed by atoms with E-state index in [-0.39, 0.29) is 17.9 Å². The summed E-state index contributed by atoms with van der Waals surface area (Å²) < 4.78 is 28.5. The quantitative estimate of drug-likeness (QED) is 0.132. The van der Waals surface area contributed by atoms with Gasteiger partial charge in [-0.15, -0.1) is 11.3 Å². The second-order valence-electron chi connectivity index (χ2n) is 12.0. The Bertz CT molecular complexity index is 1750. The van der Waals surface area contributed by atoms with E-state index in [4.69, 9.17) is 46.9 Å². The number of ether oxygens (including phenoxy) is 5. The van der Waals surface area contributed by atoms with E-state index in [2.05, 4.69) is 22.2 Å². The van der Waals surface area contributed by atoms with Crippen LogP contribution in [-0.4, -0.2) is 70.4 Å². The van der Waals surface area contributed by atoms with Crippen LogP contribution < -0.4 is 24.5 Å². The molecule has 51 heavy (non-hydrogen) atoms. The number of pyridine rings is 1. The Hall–Kier alpha value is -3.91. The molecule has 3 N–H and O–H groups in total. The smallest absolute Gasteiger partial charge is 0.348 e. The highest BCUT2D eigenvalue weighted by Gasteiger charge is 2.28. The largest absolute Gasteiger partial charge is 0.870 e. The van der Waals surface area contributed by atoms with Gasteiger partial charge in [-0.25, -0.2) is 14.6 Å². The summed E-state index contributed by atoms with van der Waals surface area (Å²) in [7, 11) is 6.77. The van der Waals surface area contributed by atoms with Gasteiger partial charge in [-0.2, -0.15) is 0 Å². The number of halogens is 2. The summed E-state index contributed by atoms with van der Waals surface area (Å²) in [5.41, 5.74) is 1.97. The first kappa shape index (κ1) is 39.9. The summed E-state index contributed by atoms with van der Waals surface area (Å²) in [4.78, 5) is 33.6. The molecule has 14 heteroatoms. The van der Waals surface area contributed by atoms with Gasteiger partial charge in [0.15, 0.2) is 23.9 Å². The Kier molecular flexibility index (Phi) is 14.9. The molecule has 0 bridgehead atoms. The number of para-hydroxylation sites is 1. The number of benzene rings is 2. The number of thiophene rings is 1. The SMILES string of the molecule is COc1ccc([C@H](Cc2c(Cl)c[nH+]cc2Cl)OC(=O)c2ccc(CNC(C(=O)OCC3CCN(C)CC3)c3ccccc3OC)s2)cc1OC.[OH-]. The van der Waals surface area contributed by atoms with E-state index in [9.17, 15) is 9.59 Å². The van der Waals surface area contributed by atoms with Crippen molar-refractivity contribution in [2.45, 2.75) is 38.0 Å². The van der Waals surface area contributed by atoms with Crippen LogP contribution in [0, 0.1) is 5.92 Å². The fourth-order valence-electron chi connectivity index (χ4n) is 5.85. The number of H-pyrrole nitrogens is 1. The van der Waals surface area contributed by atoms with E-state index < -0.39 is 18.1 Å². The summed E-state index contributed by atoms with van der Waals surface area (Å²) in [6.45, 7) is 2.64. The number of rotatable bonds is 15. The lowest BCUT2D eigenvalue weighted by molar-refractivity contribution is -0.377. The van der Waals surface area contributed by atoms with Gasteiger partial charge < -0.3 is 34.1 Å².